The highest BCUT2D eigenvalue weighted by atomic mass is 15.2. The van der Waals surface area contributed by atoms with Crippen molar-refractivity contribution in [2.24, 2.45) is 37.9 Å². The van der Waals surface area contributed by atoms with Gasteiger partial charge in [-0.25, -0.2) is 0 Å². The number of rotatable bonds is 7. The van der Waals surface area contributed by atoms with Crippen LogP contribution in [0.15, 0.2) is 0 Å². The predicted octanol–water partition coefficient (Wildman–Crippen LogP) is 8.91. The van der Waals surface area contributed by atoms with Crippen LogP contribution in [0.25, 0.3) is 0 Å². The molecule has 4 heteroatoms. The Hall–Kier alpha value is -0.160. The summed E-state index contributed by atoms with van der Waals surface area (Å²) in [6, 6.07) is 0. The molecule has 0 saturated heterocycles. The molecule has 42 heavy (non-hydrogen) atoms. The lowest BCUT2D eigenvalue weighted by Gasteiger charge is -2.77. The van der Waals surface area contributed by atoms with Gasteiger partial charge in [-0.2, -0.15) is 0 Å². The monoisotopic (exact) mass is 593 g/mol. The molecule has 0 unspecified atom stereocenters. The van der Waals surface area contributed by atoms with E-state index >= 15 is 0 Å². The third-order valence-electron chi connectivity index (χ3n) is 11.4. The summed E-state index contributed by atoms with van der Waals surface area (Å²) < 4.78 is 0. The van der Waals surface area contributed by atoms with Crippen molar-refractivity contribution in [2.75, 3.05) is 69.0 Å². The van der Waals surface area contributed by atoms with Crippen LogP contribution in [0.1, 0.15) is 134 Å². The van der Waals surface area contributed by atoms with Crippen LogP contribution in [0, 0.1) is 37.9 Å². The van der Waals surface area contributed by atoms with Gasteiger partial charge in [0.25, 0.3) is 0 Å². The van der Waals surface area contributed by atoms with E-state index in [1.165, 1.54) is 64.5 Å². The molecule has 0 aromatic rings. The van der Waals surface area contributed by atoms with Crippen LogP contribution in [-0.2, 0) is 0 Å². The van der Waals surface area contributed by atoms with E-state index in [0.717, 1.165) is 17.4 Å². The van der Waals surface area contributed by atoms with Crippen molar-refractivity contribution in [2.45, 2.75) is 140 Å². The minimum atomic E-state index is 0.489. The molecule has 6 fully saturated rings. The van der Waals surface area contributed by atoms with E-state index in [4.69, 9.17) is 0 Å². The number of hydrogen-bond acceptors (Lipinski definition) is 4. The highest BCUT2D eigenvalue weighted by molar-refractivity contribution is 5.26. The molecule has 0 heterocycles. The second-order valence-electron chi connectivity index (χ2n) is 20.5. The summed E-state index contributed by atoms with van der Waals surface area (Å²) in [6.45, 7) is 31.6. The van der Waals surface area contributed by atoms with Crippen molar-refractivity contribution in [1.29, 1.82) is 0 Å². The van der Waals surface area contributed by atoms with Crippen LogP contribution in [0.3, 0.4) is 0 Å². The molecule has 4 nitrogen and oxygen atoms in total. The van der Waals surface area contributed by atoms with Gasteiger partial charge < -0.3 is 20.0 Å². The fourth-order valence-electron chi connectivity index (χ4n) is 7.70. The second-order valence-corrected chi connectivity index (χ2v) is 20.5. The molecule has 0 aromatic heterocycles. The molecule has 6 rings (SSSR count). The molecule has 0 amide bonds. The topological polar surface area (TPSA) is 21.8 Å². The van der Waals surface area contributed by atoms with Gasteiger partial charge in [-0.1, -0.05) is 83.1 Å². The minimum absolute atomic E-state index is 0.489. The Morgan fingerprint density at radius 3 is 1.14 bits per heavy atom. The molecule has 252 valence electrons. The van der Waals surface area contributed by atoms with Gasteiger partial charge in [0.2, 0.25) is 0 Å². The molecule has 0 aliphatic heterocycles. The maximum atomic E-state index is 3.12. The maximum absolute atomic E-state index is 3.12. The first-order valence-electron chi connectivity index (χ1n) is 17.2. The Morgan fingerprint density at radius 2 is 0.929 bits per heavy atom. The van der Waals surface area contributed by atoms with E-state index in [-0.39, 0.29) is 0 Å². The Kier molecular flexibility index (Phi) is 13.0. The molecular weight excluding hydrogens is 512 g/mol. The quantitative estimate of drug-likeness (QED) is 0.319. The van der Waals surface area contributed by atoms with Gasteiger partial charge in [-0.15, -0.1) is 0 Å². The van der Waals surface area contributed by atoms with Gasteiger partial charge in [0.05, 0.1) is 0 Å². The maximum Gasteiger partial charge on any atom is 0.0220 e. The van der Waals surface area contributed by atoms with E-state index < -0.39 is 0 Å². The molecule has 0 atom stereocenters. The first kappa shape index (κ1) is 39.9. The summed E-state index contributed by atoms with van der Waals surface area (Å²) in [5, 5.41) is 3.12. The molecule has 1 N–H and O–H groups in total. The first-order chi connectivity index (χ1) is 18.6. The zero-order valence-corrected chi connectivity index (χ0v) is 32.6. The van der Waals surface area contributed by atoms with E-state index in [0.29, 0.717) is 32.6 Å². The molecule has 4 bridgehead atoms. The summed E-state index contributed by atoms with van der Waals surface area (Å²) in [4.78, 5) is 7.01. The van der Waals surface area contributed by atoms with Crippen molar-refractivity contribution >= 4 is 0 Å². The SMILES string of the molecule is CN(C)C12CC(C(C)(C)C)(C1)C2.CN(C)CC12CC(C(C)(C)C)(C1)C2.CN(C)CCC(C)(C)C.CNCCC(C)(C)C. The van der Waals surface area contributed by atoms with Gasteiger partial charge in [0, 0.05) is 12.1 Å². The Morgan fingerprint density at radius 1 is 0.548 bits per heavy atom. The van der Waals surface area contributed by atoms with Crippen LogP contribution in [0.2, 0.25) is 0 Å². The normalized spacial score (nSPS) is 31.3. The van der Waals surface area contributed by atoms with Crippen molar-refractivity contribution < 1.29 is 0 Å². The number of nitrogens with one attached hydrogen (secondary N) is 1. The standard InChI is InChI=1S/C12H23N.C11H21N.C8H19N.C7H17N/c1-10(2,3)12-6-11(7-12,8-12)9-13(4)5;1-9(2,3)10-6-11(7-10,8-10)12(4)5;1-8(2,3)6-7-9(4)5;1-7(2,3)5-6-8-4/h6-9H2,1-5H3;6-8H2,1-5H3;6-7H2,1-5H3;8H,5-6H2,1-4H3. The highest BCUT2D eigenvalue weighted by Gasteiger charge is 2.72. The zero-order chi connectivity index (χ0) is 33.2. The first-order valence-corrected chi connectivity index (χ1v) is 17.2. The zero-order valence-electron chi connectivity index (χ0n) is 32.6. The van der Waals surface area contributed by atoms with Gasteiger partial charge in [0.15, 0.2) is 0 Å². The second kappa shape index (κ2) is 13.7. The van der Waals surface area contributed by atoms with Crippen molar-refractivity contribution in [3.63, 3.8) is 0 Å². The molecule has 0 radical (unpaired) electrons. The molecule has 6 saturated carbocycles. The fraction of sp³-hybridized carbons (Fsp3) is 1.00. The van der Waals surface area contributed by atoms with Gasteiger partial charge in [-0.3, -0.25) is 0 Å². The lowest BCUT2D eigenvalue weighted by Crippen LogP contribution is -2.76. The third kappa shape index (κ3) is 10.4. The van der Waals surface area contributed by atoms with Crippen molar-refractivity contribution in [3.05, 3.63) is 0 Å². The summed E-state index contributed by atoms with van der Waals surface area (Å²) in [5.41, 5.74) is 4.84. The average Bonchev–Trinajstić information content (AvgIpc) is 2.62. The largest absolute Gasteiger partial charge is 0.320 e. The smallest absolute Gasteiger partial charge is 0.0220 e. The Balaban J connectivity index is 0.000000287. The van der Waals surface area contributed by atoms with Gasteiger partial charge in [-0.05, 0) is 152 Å². The van der Waals surface area contributed by atoms with Crippen LogP contribution >= 0.6 is 0 Å². The predicted molar refractivity (Wildman–Crippen MR) is 190 cm³/mol. The van der Waals surface area contributed by atoms with Crippen LogP contribution in [-0.4, -0.2) is 89.2 Å². The molecule has 6 aliphatic rings. The Labute approximate surface area is 266 Å². The van der Waals surface area contributed by atoms with Gasteiger partial charge in [0.1, 0.15) is 0 Å². The summed E-state index contributed by atoms with van der Waals surface area (Å²) in [5.74, 6) is 0. The lowest BCUT2D eigenvalue weighted by molar-refractivity contribution is -0.263. The van der Waals surface area contributed by atoms with E-state index in [1.807, 2.05) is 7.05 Å². The van der Waals surface area contributed by atoms with Crippen molar-refractivity contribution in [3.8, 4) is 0 Å². The Bertz CT molecular complexity index is 770. The fourth-order valence-corrected chi connectivity index (χ4v) is 7.70. The van der Waals surface area contributed by atoms with Crippen LogP contribution in [0.4, 0.5) is 0 Å². The lowest BCUT2D eigenvalue weighted by atomic mass is 9.29. The van der Waals surface area contributed by atoms with Crippen LogP contribution < -0.4 is 5.32 Å². The molecular formula is C38H80N4. The number of hydrogen-bond donors (Lipinski definition) is 1. The molecule has 0 spiro atoms. The van der Waals surface area contributed by atoms with E-state index in [2.05, 4.69) is 145 Å². The van der Waals surface area contributed by atoms with Crippen molar-refractivity contribution in [1.82, 2.24) is 20.0 Å². The third-order valence-corrected chi connectivity index (χ3v) is 11.4. The highest BCUT2D eigenvalue weighted by Crippen LogP contribution is 2.79. The van der Waals surface area contributed by atoms with Gasteiger partial charge >= 0.3 is 0 Å². The van der Waals surface area contributed by atoms with Crippen LogP contribution in [0.5, 0.6) is 0 Å². The average molecular weight is 593 g/mol. The summed E-state index contributed by atoms with van der Waals surface area (Å²) in [7, 11) is 15.1. The summed E-state index contributed by atoms with van der Waals surface area (Å²) in [6.07, 6.45) is 11.3. The minimum Gasteiger partial charge on any atom is -0.320 e. The molecule has 0 aromatic carbocycles. The number of nitrogens with zero attached hydrogens (tertiary/aromatic N) is 3. The van der Waals surface area contributed by atoms with E-state index in [9.17, 15) is 0 Å². The molecule has 6 aliphatic carbocycles. The summed E-state index contributed by atoms with van der Waals surface area (Å²) >= 11 is 0. The van der Waals surface area contributed by atoms with E-state index in [1.54, 1.807) is 0 Å².